The highest BCUT2D eigenvalue weighted by molar-refractivity contribution is 5.81. The van der Waals surface area contributed by atoms with Gasteiger partial charge in [-0.3, -0.25) is 4.90 Å². The van der Waals surface area contributed by atoms with Crippen LogP contribution in [0, 0.1) is 0 Å². The van der Waals surface area contributed by atoms with Crippen molar-refractivity contribution >= 4 is 12.1 Å². The van der Waals surface area contributed by atoms with Crippen molar-refractivity contribution in [1.82, 2.24) is 4.90 Å². The molecule has 3 rings (SSSR count). The molecule has 164 valence electrons. The van der Waals surface area contributed by atoms with Gasteiger partial charge < -0.3 is 9.84 Å². The Morgan fingerprint density at radius 1 is 1.03 bits per heavy atom. The van der Waals surface area contributed by atoms with Crippen LogP contribution in [0.5, 0.6) is 0 Å². The van der Waals surface area contributed by atoms with Crippen molar-refractivity contribution in [2.75, 3.05) is 13.2 Å². The second-order valence-corrected chi connectivity index (χ2v) is 7.94. The Hall–Kier alpha value is -3.08. The second kappa shape index (κ2) is 10.8. The van der Waals surface area contributed by atoms with Crippen LogP contribution in [0.3, 0.4) is 0 Å². The molecule has 1 aliphatic carbocycles. The highest BCUT2D eigenvalue weighted by atomic mass is 16.6. The average molecular weight is 422 g/mol. The molecular formula is C26H31NO4. The number of aliphatic carboxylic acids is 1. The van der Waals surface area contributed by atoms with Crippen LogP contribution in [0.25, 0.3) is 11.1 Å². The molecule has 0 saturated heterocycles. The van der Waals surface area contributed by atoms with E-state index < -0.39 is 18.1 Å². The van der Waals surface area contributed by atoms with E-state index in [0.717, 1.165) is 47.9 Å². The van der Waals surface area contributed by atoms with Crippen LogP contribution < -0.4 is 0 Å². The molecule has 1 amide bonds. The number of benzene rings is 2. The Balaban J connectivity index is 1.68. The maximum absolute atomic E-state index is 12.8. The van der Waals surface area contributed by atoms with E-state index in [9.17, 15) is 14.7 Å². The summed E-state index contributed by atoms with van der Waals surface area (Å²) in [4.78, 5) is 25.6. The van der Waals surface area contributed by atoms with Gasteiger partial charge in [-0.2, -0.15) is 0 Å². The van der Waals surface area contributed by atoms with Gasteiger partial charge in [0.15, 0.2) is 0 Å². The van der Waals surface area contributed by atoms with Gasteiger partial charge in [0.05, 0.1) is 0 Å². The van der Waals surface area contributed by atoms with Crippen LogP contribution in [0.15, 0.2) is 60.7 Å². The van der Waals surface area contributed by atoms with Gasteiger partial charge in [-0.1, -0.05) is 80.4 Å². The summed E-state index contributed by atoms with van der Waals surface area (Å²) in [6, 6.07) is 15.3. The van der Waals surface area contributed by atoms with Gasteiger partial charge in [-0.15, -0.1) is 0 Å². The molecule has 0 aliphatic heterocycles. The lowest BCUT2D eigenvalue weighted by Crippen LogP contribution is -2.44. The lowest BCUT2D eigenvalue weighted by molar-refractivity contribution is -0.141. The first-order chi connectivity index (χ1) is 15.0. The average Bonchev–Trinajstić information content (AvgIpc) is 3.10. The molecule has 0 spiro atoms. The Morgan fingerprint density at radius 3 is 2.23 bits per heavy atom. The predicted octanol–water partition coefficient (Wildman–Crippen LogP) is 5.85. The molecule has 0 saturated carbocycles. The molecule has 1 atom stereocenters. The van der Waals surface area contributed by atoms with E-state index in [2.05, 4.69) is 31.2 Å². The van der Waals surface area contributed by atoms with Gasteiger partial charge in [0, 0.05) is 12.5 Å². The minimum atomic E-state index is -1.05. The van der Waals surface area contributed by atoms with E-state index in [0.29, 0.717) is 0 Å². The number of amides is 1. The summed E-state index contributed by atoms with van der Waals surface area (Å²) in [5.74, 6) is -1.10. The second-order valence-electron chi connectivity index (χ2n) is 7.94. The summed E-state index contributed by atoms with van der Waals surface area (Å²) in [6.45, 7) is 4.05. The number of hydrogen-bond acceptors (Lipinski definition) is 3. The first kappa shape index (κ1) is 22.6. The molecular weight excluding hydrogens is 390 g/mol. The lowest BCUT2D eigenvalue weighted by atomic mass is 9.98. The first-order valence-electron chi connectivity index (χ1n) is 11.0. The maximum atomic E-state index is 12.8. The number of fused-ring (bicyclic) bond motifs is 3. The molecule has 0 aromatic heterocycles. The molecule has 1 aliphatic rings. The molecule has 31 heavy (non-hydrogen) atoms. The highest BCUT2D eigenvalue weighted by Gasteiger charge is 2.31. The quantitative estimate of drug-likeness (QED) is 0.386. The molecule has 0 fully saturated rings. The monoisotopic (exact) mass is 421 g/mol. The Morgan fingerprint density at radius 2 is 1.65 bits per heavy atom. The molecule has 2 aromatic carbocycles. The summed E-state index contributed by atoms with van der Waals surface area (Å²) in [7, 11) is 0. The zero-order valence-corrected chi connectivity index (χ0v) is 18.3. The number of carboxylic acid groups (broad SMARTS) is 1. The van der Waals surface area contributed by atoms with Gasteiger partial charge in [0.25, 0.3) is 0 Å². The van der Waals surface area contributed by atoms with Gasteiger partial charge in [-0.25, -0.2) is 9.59 Å². The van der Waals surface area contributed by atoms with Crippen LogP contribution in [0.1, 0.15) is 56.6 Å². The van der Waals surface area contributed by atoms with Gasteiger partial charge >= 0.3 is 12.1 Å². The van der Waals surface area contributed by atoms with Crippen molar-refractivity contribution < 1.29 is 19.4 Å². The maximum Gasteiger partial charge on any atom is 0.410 e. The van der Waals surface area contributed by atoms with Crippen LogP contribution in [-0.4, -0.2) is 41.3 Å². The number of rotatable bonds is 10. The van der Waals surface area contributed by atoms with Crippen molar-refractivity contribution in [2.45, 2.75) is 51.5 Å². The van der Waals surface area contributed by atoms with E-state index in [4.69, 9.17) is 4.74 Å². The summed E-state index contributed by atoms with van der Waals surface area (Å²) in [5.41, 5.74) is 4.57. The van der Waals surface area contributed by atoms with E-state index in [1.54, 1.807) is 0 Å². The zero-order valence-electron chi connectivity index (χ0n) is 18.3. The summed E-state index contributed by atoms with van der Waals surface area (Å²) in [6.07, 6.45) is 7.59. The van der Waals surface area contributed by atoms with Crippen molar-refractivity contribution in [3.05, 3.63) is 71.8 Å². The van der Waals surface area contributed by atoms with Crippen LogP contribution in [-0.2, 0) is 9.53 Å². The molecule has 1 N–H and O–H groups in total. The van der Waals surface area contributed by atoms with Gasteiger partial charge in [-0.05, 0) is 42.0 Å². The molecule has 5 heteroatoms. The van der Waals surface area contributed by atoms with Crippen LogP contribution in [0.4, 0.5) is 4.79 Å². The number of allylic oxidation sites excluding steroid dienone is 1. The SMILES string of the molecule is CCCCCC=CCN(C(=O)OCC1c2ccccc2-c2ccccc21)[C@@H](C)C(=O)O. The number of unbranched alkanes of at least 4 members (excludes halogenated alkanes) is 3. The number of hydrogen-bond donors (Lipinski definition) is 1. The molecule has 0 unspecified atom stereocenters. The zero-order chi connectivity index (χ0) is 22.2. The Kier molecular flexibility index (Phi) is 7.88. The smallest absolute Gasteiger partial charge is 0.410 e. The van der Waals surface area contributed by atoms with Gasteiger partial charge in [0.2, 0.25) is 0 Å². The van der Waals surface area contributed by atoms with E-state index in [1.807, 2.05) is 36.4 Å². The third kappa shape index (κ3) is 5.35. The minimum absolute atomic E-state index is 0.0529. The van der Waals surface area contributed by atoms with E-state index in [-0.39, 0.29) is 19.1 Å². The normalized spacial score (nSPS) is 13.6. The summed E-state index contributed by atoms with van der Waals surface area (Å²) in [5, 5.41) is 9.44. The van der Waals surface area contributed by atoms with E-state index >= 15 is 0 Å². The molecule has 0 radical (unpaired) electrons. The lowest BCUT2D eigenvalue weighted by Gasteiger charge is -2.25. The topological polar surface area (TPSA) is 66.8 Å². The van der Waals surface area contributed by atoms with Crippen LogP contribution in [0.2, 0.25) is 0 Å². The van der Waals surface area contributed by atoms with Crippen molar-refractivity contribution in [3.63, 3.8) is 0 Å². The summed E-state index contributed by atoms with van der Waals surface area (Å²) >= 11 is 0. The fourth-order valence-electron chi connectivity index (χ4n) is 4.02. The number of carbonyl (C=O) groups excluding carboxylic acids is 1. The fourth-order valence-corrected chi connectivity index (χ4v) is 4.02. The third-order valence-corrected chi connectivity index (χ3v) is 5.84. The minimum Gasteiger partial charge on any atom is -0.480 e. The Labute approximate surface area is 184 Å². The van der Waals surface area contributed by atoms with Gasteiger partial charge in [0.1, 0.15) is 12.6 Å². The first-order valence-corrected chi connectivity index (χ1v) is 11.0. The molecule has 2 aromatic rings. The number of ether oxygens (including phenoxy) is 1. The number of carboxylic acids is 1. The molecule has 5 nitrogen and oxygen atoms in total. The number of carbonyl (C=O) groups is 2. The number of nitrogens with zero attached hydrogens (tertiary/aromatic N) is 1. The van der Waals surface area contributed by atoms with E-state index in [1.165, 1.54) is 11.8 Å². The third-order valence-electron chi connectivity index (χ3n) is 5.84. The van der Waals surface area contributed by atoms with Crippen molar-refractivity contribution in [1.29, 1.82) is 0 Å². The fraction of sp³-hybridized carbons (Fsp3) is 0.385. The van der Waals surface area contributed by atoms with Crippen molar-refractivity contribution in [3.8, 4) is 11.1 Å². The standard InChI is InChI=1S/C26H31NO4/c1-3-4-5-6-7-12-17-27(19(2)25(28)29)26(30)31-18-24-22-15-10-8-13-20(22)21-14-9-11-16-23(21)24/h7-16,19,24H,3-6,17-18H2,1-2H3,(H,28,29)/t19-/m0/s1. The van der Waals surface area contributed by atoms with Crippen LogP contribution >= 0.6 is 0 Å². The Bertz CT molecular complexity index is 891. The molecule has 0 bridgehead atoms. The predicted molar refractivity (Wildman–Crippen MR) is 122 cm³/mol. The summed E-state index contributed by atoms with van der Waals surface area (Å²) < 4.78 is 5.66. The van der Waals surface area contributed by atoms with Crippen molar-refractivity contribution in [2.24, 2.45) is 0 Å². The highest BCUT2D eigenvalue weighted by Crippen LogP contribution is 2.44. The molecule has 0 heterocycles. The largest absolute Gasteiger partial charge is 0.480 e.